The smallest absolute Gasteiger partial charge is 0.326 e. The van der Waals surface area contributed by atoms with Gasteiger partial charge in [-0.3, -0.25) is 4.79 Å². The zero-order chi connectivity index (χ0) is 13.1. The first kappa shape index (κ1) is 14.0. The van der Waals surface area contributed by atoms with Crippen molar-refractivity contribution in [2.45, 2.75) is 31.7 Å². The van der Waals surface area contributed by atoms with Crippen molar-refractivity contribution < 1.29 is 23.1 Å². The normalized spacial score (nSPS) is 19.1. The molecule has 0 bridgehead atoms. The van der Waals surface area contributed by atoms with E-state index >= 15 is 0 Å². The largest absolute Gasteiger partial charge is 0.480 e. The maximum Gasteiger partial charge on any atom is 0.326 e. The van der Waals surface area contributed by atoms with Crippen LogP contribution in [0.2, 0.25) is 0 Å². The van der Waals surface area contributed by atoms with Gasteiger partial charge >= 0.3 is 5.97 Å². The summed E-state index contributed by atoms with van der Waals surface area (Å²) < 4.78 is 22.1. The lowest BCUT2D eigenvalue weighted by molar-refractivity contribution is -0.151. The molecule has 0 saturated carbocycles. The molecule has 1 aliphatic rings. The van der Waals surface area contributed by atoms with E-state index in [4.69, 9.17) is 5.11 Å². The molecular weight excluding hydrogens is 246 g/mol. The second kappa shape index (κ2) is 5.48. The highest BCUT2D eigenvalue weighted by atomic mass is 32.2. The van der Waals surface area contributed by atoms with Crippen LogP contribution in [0.3, 0.4) is 0 Å². The molecule has 6 nitrogen and oxygen atoms in total. The molecule has 1 atom stereocenters. The number of sulfone groups is 1. The van der Waals surface area contributed by atoms with Crippen LogP contribution in [-0.4, -0.2) is 54.9 Å². The van der Waals surface area contributed by atoms with Crippen molar-refractivity contribution in [1.82, 2.24) is 4.90 Å². The van der Waals surface area contributed by atoms with Gasteiger partial charge in [0.25, 0.3) is 0 Å². The summed E-state index contributed by atoms with van der Waals surface area (Å²) in [5, 5.41) is 9.05. The third-order valence-electron chi connectivity index (χ3n) is 2.78. The average Bonchev–Trinajstić information content (AvgIpc) is 2.18. The van der Waals surface area contributed by atoms with Crippen LogP contribution in [0.25, 0.3) is 0 Å². The van der Waals surface area contributed by atoms with E-state index < -0.39 is 21.8 Å². The fourth-order valence-electron chi connectivity index (χ4n) is 1.89. The molecule has 1 N–H and O–H groups in total. The second-order valence-electron chi connectivity index (χ2n) is 4.32. The molecule has 0 aliphatic carbocycles. The monoisotopic (exact) mass is 263 g/mol. The van der Waals surface area contributed by atoms with Crippen LogP contribution < -0.4 is 0 Å². The van der Waals surface area contributed by atoms with E-state index in [1.54, 1.807) is 0 Å². The number of nitrogens with zero attached hydrogens (tertiary/aromatic N) is 1. The standard InChI is InChI=1S/C10H17NO5S/c1-17(15,16)7-5-8(10(13)14)11-6-3-2-4-9(11)12/h8H,2-7H2,1H3,(H,13,14). The van der Waals surface area contributed by atoms with Gasteiger partial charge in [0, 0.05) is 19.2 Å². The first-order chi connectivity index (χ1) is 7.81. The van der Waals surface area contributed by atoms with Gasteiger partial charge in [-0.05, 0) is 19.3 Å². The number of carboxylic acid groups (broad SMARTS) is 1. The second-order valence-corrected chi connectivity index (χ2v) is 6.58. The number of amides is 1. The molecule has 0 aromatic heterocycles. The Morgan fingerprint density at radius 2 is 2.12 bits per heavy atom. The van der Waals surface area contributed by atoms with Crippen molar-refractivity contribution in [3.63, 3.8) is 0 Å². The minimum absolute atomic E-state index is 0.0418. The number of hydrogen-bond acceptors (Lipinski definition) is 4. The van der Waals surface area contributed by atoms with Crippen molar-refractivity contribution in [2.24, 2.45) is 0 Å². The molecule has 17 heavy (non-hydrogen) atoms. The van der Waals surface area contributed by atoms with Crippen LogP contribution >= 0.6 is 0 Å². The zero-order valence-corrected chi connectivity index (χ0v) is 10.6. The highest BCUT2D eigenvalue weighted by molar-refractivity contribution is 7.90. The summed E-state index contributed by atoms with van der Waals surface area (Å²) in [6, 6.07) is -1.02. The van der Waals surface area contributed by atoms with Crippen LogP contribution in [0.15, 0.2) is 0 Å². The highest BCUT2D eigenvalue weighted by Crippen LogP contribution is 2.16. The van der Waals surface area contributed by atoms with E-state index in [9.17, 15) is 18.0 Å². The number of carbonyl (C=O) groups excluding carboxylic acids is 1. The van der Waals surface area contributed by atoms with Gasteiger partial charge in [-0.25, -0.2) is 13.2 Å². The van der Waals surface area contributed by atoms with Crippen LogP contribution in [0.5, 0.6) is 0 Å². The lowest BCUT2D eigenvalue weighted by Crippen LogP contribution is -2.48. The van der Waals surface area contributed by atoms with E-state index in [2.05, 4.69) is 0 Å². The quantitative estimate of drug-likeness (QED) is 0.747. The van der Waals surface area contributed by atoms with Crippen molar-refractivity contribution in [3.8, 4) is 0 Å². The molecule has 1 fully saturated rings. The lowest BCUT2D eigenvalue weighted by atomic mass is 10.1. The number of carboxylic acids is 1. The van der Waals surface area contributed by atoms with Crippen LogP contribution in [0.1, 0.15) is 25.7 Å². The molecule has 7 heteroatoms. The fourth-order valence-corrected chi connectivity index (χ4v) is 2.55. The Morgan fingerprint density at radius 3 is 2.59 bits per heavy atom. The van der Waals surface area contributed by atoms with Gasteiger partial charge in [0.1, 0.15) is 15.9 Å². The number of carbonyl (C=O) groups is 2. The molecule has 1 rings (SSSR count). The van der Waals surface area contributed by atoms with Crippen LogP contribution in [0, 0.1) is 0 Å². The van der Waals surface area contributed by atoms with Crippen molar-refractivity contribution in [3.05, 3.63) is 0 Å². The Kier molecular flexibility index (Phi) is 4.50. The molecular formula is C10H17NO5S. The predicted octanol–water partition coefficient (Wildman–Crippen LogP) is -0.113. The molecule has 0 spiro atoms. The fraction of sp³-hybridized carbons (Fsp3) is 0.800. The minimum Gasteiger partial charge on any atom is -0.480 e. The van der Waals surface area contributed by atoms with E-state index in [0.29, 0.717) is 13.0 Å². The molecule has 0 aromatic rings. The van der Waals surface area contributed by atoms with E-state index in [0.717, 1.165) is 19.1 Å². The Morgan fingerprint density at radius 1 is 1.47 bits per heavy atom. The summed E-state index contributed by atoms with van der Waals surface area (Å²) in [6.45, 7) is 0.402. The first-order valence-corrected chi connectivity index (χ1v) is 7.57. The van der Waals surface area contributed by atoms with Gasteiger partial charge in [0.05, 0.1) is 5.75 Å². The van der Waals surface area contributed by atoms with Gasteiger partial charge in [-0.15, -0.1) is 0 Å². The van der Waals surface area contributed by atoms with Gasteiger partial charge in [-0.1, -0.05) is 0 Å². The van der Waals surface area contributed by atoms with Crippen molar-refractivity contribution >= 4 is 21.7 Å². The SMILES string of the molecule is CS(=O)(=O)CCC(C(=O)O)N1CCCCC1=O. The highest BCUT2D eigenvalue weighted by Gasteiger charge is 2.31. The number of hydrogen-bond donors (Lipinski definition) is 1. The molecule has 1 unspecified atom stereocenters. The third-order valence-corrected chi connectivity index (χ3v) is 3.76. The molecule has 1 heterocycles. The average molecular weight is 263 g/mol. The topological polar surface area (TPSA) is 91.8 Å². The van der Waals surface area contributed by atoms with Gasteiger partial charge in [-0.2, -0.15) is 0 Å². The number of rotatable bonds is 5. The molecule has 1 aliphatic heterocycles. The molecule has 98 valence electrons. The summed E-state index contributed by atoms with van der Waals surface area (Å²) in [4.78, 5) is 23.9. The van der Waals surface area contributed by atoms with Gasteiger partial charge < -0.3 is 10.0 Å². The molecule has 1 amide bonds. The zero-order valence-electron chi connectivity index (χ0n) is 9.76. The maximum absolute atomic E-state index is 11.6. The summed E-state index contributed by atoms with van der Waals surface area (Å²) in [5.74, 6) is -1.55. The van der Waals surface area contributed by atoms with Crippen molar-refractivity contribution in [1.29, 1.82) is 0 Å². The van der Waals surface area contributed by atoms with Gasteiger partial charge in [0.15, 0.2) is 0 Å². The summed E-state index contributed by atoms with van der Waals surface area (Å²) in [5.41, 5.74) is 0. The molecule has 1 saturated heterocycles. The van der Waals surface area contributed by atoms with E-state index in [-0.39, 0.29) is 18.1 Å². The number of aliphatic carboxylic acids is 1. The minimum atomic E-state index is -3.21. The van der Waals surface area contributed by atoms with Crippen LogP contribution in [0.4, 0.5) is 0 Å². The first-order valence-electron chi connectivity index (χ1n) is 5.51. The lowest BCUT2D eigenvalue weighted by Gasteiger charge is -2.32. The van der Waals surface area contributed by atoms with E-state index in [1.165, 1.54) is 4.90 Å². The predicted molar refractivity (Wildman–Crippen MR) is 61.3 cm³/mol. The maximum atomic E-state index is 11.6. The summed E-state index contributed by atoms with van der Waals surface area (Å²) >= 11 is 0. The molecule has 0 radical (unpaired) electrons. The number of likely N-dealkylation sites (tertiary alicyclic amines) is 1. The van der Waals surface area contributed by atoms with Gasteiger partial charge in [0.2, 0.25) is 5.91 Å². The summed E-state index contributed by atoms with van der Waals surface area (Å²) in [6.07, 6.45) is 2.91. The number of piperidine rings is 1. The Labute approximate surface area is 101 Å². The Bertz CT molecular complexity index is 403. The van der Waals surface area contributed by atoms with E-state index in [1.807, 2.05) is 0 Å². The molecule has 0 aromatic carbocycles. The Hall–Kier alpha value is -1.11. The summed E-state index contributed by atoms with van der Waals surface area (Å²) in [7, 11) is -3.21. The van der Waals surface area contributed by atoms with Crippen molar-refractivity contribution in [2.75, 3.05) is 18.6 Å². The third kappa shape index (κ3) is 4.33. The van der Waals surface area contributed by atoms with Crippen LogP contribution in [-0.2, 0) is 19.4 Å². The Balaban J connectivity index is 2.71.